The molecule has 0 atom stereocenters. The Morgan fingerprint density at radius 2 is 1.64 bits per heavy atom. The highest BCUT2D eigenvalue weighted by Gasteiger charge is 2.35. The van der Waals surface area contributed by atoms with Crippen LogP contribution in [0.5, 0.6) is 0 Å². The Hall–Kier alpha value is -2.66. The van der Waals surface area contributed by atoms with Gasteiger partial charge in [0.05, 0.1) is 5.60 Å². The summed E-state index contributed by atoms with van der Waals surface area (Å²) in [5.74, 6) is -1.47. The molecule has 130 valence electrons. The summed E-state index contributed by atoms with van der Waals surface area (Å²) in [7, 11) is 0. The summed E-state index contributed by atoms with van der Waals surface area (Å²) >= 11 is 0. The largest absolute Gasteiger partial charge is 0.387 e. The van der Waals surface area contributed by atoms with Crippen LogP contribution >= 0.6 is 0 Å². The number of aryl methyl sites for hydroxylation is 1. The average molecular weight is 338 g/mol. The number of fused-ring (bicyclic) bond motifs is 1. The van der Waals surface area contributed by atoms with E-state index in [0.717, 1.165) is 22.3 Å². The molecule has 0 aliphatic heterocycles. The van der Waals surface area contributed by atoms with Crippen molar-refractivity contribution >= 4 is 17.5 Å². The highest BCUT2D eigenvalue weighted by molar-refractivity contribution is 6.39. The number of nitrogens with one attached hydrogen (secondary N) is 2. The van der Waals surface area contributed by atoms with Crippen LogP contribution in [-0.4, -0.2) is 29.1 Å². The molecule has 2 aromatic rings. The zero-order valence-corrected chi connectivity index (χ0v) is 14.4. The lowest BCUT2D eigenvalue weighted by Crippen LogP contribution is -2.46. The smallest absolute Gasteiger partial charge is 0.313 e. The van der Waals surface area contributed by atoms with Crippen LogP contribution < -0.4 is 10.6 Å². The maximum atomic E-state index is 12.1. The molecular formula is C20H22N2O3. The second kappa shape index (κ2) is 6.69. The quantitative estimate of drug-likeness (QED) is 0.748. The fourth-order valence-electron chi connectivity index (χ4n) is 3.19. The maximum Gasteiger partial charge on any atom is 0.313 e. The molecule has 25 heavy (non-hydrogen) atoms. The van der Waals surface area contributed by atoms with Crippen molar-refractivity contribution in [3.8, 4) is 0 Å². The zero-order chi connectivity index (χ0) is 18.0. The Labute approximate surface area is 147 Å². The number of amides is 2. The van der Waals surface area contributed by atoms with E-state index in [9.17, 15) is 14.7 Å². The monoisotopic (exact) mass is 338 g/mol. The number of hydrogen-bond acceptors (Lipinski definition) is 3. The lowest BCUT2D eigenvalue weighted by Gasteiger charge is -2.22. The number of carbonyl (C=O) groups excluding carboxylic acids is 2. The van der Waals surface area contributed by atoms with Gasteiger partial charge in [-0.15, -0.1) is 0 Å². The van der Waals surface area contributed by atoms with E-state index in [1.165, 1.54) is 0 Å². The Balaban J connectivity index is 1.58. The normalized spacial score (nSPS) is 14.7. The molecule has 3 rings (SSSR count). The standard InChI is InChI=1S/C20H22N2O3/c1-13-6-5-9-17(14(13)2)22-19(24)18(23)21-12-20(25)10-15-7-3-4-8-16(15)11-20/h3-9,25H,10-12H2,1-2H3,(H,21,23)(H,22,24). The van der Waals surface area contributed by atoms with Crippen LogP contribution in [-0.2, 0) is 22.4 Å². The van der Waals surface area contributed by atoms with Crippen LogP contribution in [0.15, 0.2) is 42.5 Å². The molecule has 0 heterocycles. The van der Waals surface area contributed by atoms with E-state index in [4.69, 9.17) is 0 Å². The van der Waals surface area contributed by atoms with Crippen molar-refractivity contribution in [3.63, 3.8) is 0 Å². The number of aliphatic hydroxyl groups is 1. The average Bonchev–Trinajstić information content (AvgIpc) is 2.93. The summed E-state index contributed by atoms with van der Waals surface area (Å²) in [6.07, 6.45) is 0.949. The fraction of sp³-hybridized carbons (Fsp3) is 0.300. The number of benzene rings is 2. The molecule has 0 spiro atoms. The summed E-state index contributed by atoms with van der Waals surface area (Å²) in [5.41, 5.74) is 3.70. The topological polar surface area (TPSA) is 78.4 Å². The summed E-state index contributed by atoms with van der Waals surface area (Å²) in [6, 6.07) is 13.3. The van der Waals surface area contributed by atoms with Crippen LogP contribution in [0, 0.1) is 13.8 Å². The van der Waals surface area contributed by atoms with Gasteiger partial charge in [-0.1, -0.05) is 36.4 Å². The van der Waals surface area contributed by atoms with Gasteiger partial charge in [-0.3, -0.25) is 9.59 Å². The van der Waals surface area contributed by atoms with Crippen LogP contribution in [0.2, 0.25) is 0 Å². The van der Waals surface area contributed by atoms with E-state index in [1.807, 2.05) is 50.2 Å². The van der Waals surface area contributed by atoms with E-state index in [-0.39, 0.29) is 6.54 Å². The predicted molar refractivity (Wildman–Crippen MR) is 96.4 cm³/mol. The van der Waals surface area contributed by atoms with Crippen molar-refractivity contribution in [1.29, 1.82) is 0 Å². The van der Waals surface area contributed by atoms with Gasteiger partial charge in [0.1, 0.15) is 0 Å². The van der Waals surface area contributed by atoms with E-state index < -0.39 is 17.4 Å². The molecule has 0 fully saturated rings. The van der Waals surface area contributed by atoms with E-state index in [2.05, 4.69) is 10.6 Å². The summed E-state index contributed by atoms with van der Waals surface area (Å²) < 4.78 is 0. The van der Waals surface area contributed by atoms with Crippen LogP contribution in [0.4, 0.5) is 5.69 Å². The zero-order valence-electron chi connectivity index (χ0n) is 14.4. The molecule has 0 saturated carbocycles. The lowest BCUT2D eigenvalue weighted by molar-refractivity contribution is -0.136. The highest BCUT2D eigenvalue weighted by Crippen LogP contribution is 2.29. The Kier molecular flexibility index (Phi) is 4.59. The third-order valence-corrected chi connectivity index (χ3v) is 4.79. The number of carbonyl (C=O) groups is 2. The van der Waals surface area contributed by atoms with Crippen molar-refractivity contribution < 1.29 is 14.7 Å². The minimum atomic E-state index is -1.04. The molecule has 1 aliphatic rings. The molecule has 0 unspecified atom stereocenters. The van der Waals surface area contributed by atoms with E-state index >= 15 is 0 Å². The number of hydrogen-bond donors (Lipinski definition) is 3. The third kappa shape index (κ3) is 3.72. The first kappa shape index (κ1) is 17.2. The van der Waals surface area contributed by atoms with Crippen molar-refractivity contribution in [2.75, 3.05) is 11.9 Å². The van der Waals surface area contributed by atoms with Gasteiger partial charge in [0.15, 0.2) is 0 Å². The molecule has 2 amide bonds. The highest BCUT2D eigenvalue weighted by atomic mass is 16.3. The van der Waals surface area contributed by atoms with Crippen LogP contribution in [0.1, 0.15) is 22.3 Å². The first-order chi connectivity index (χ1) is 11.9. The molecule has 0 saturated heterocycles. The molecule has 0 radical (unpaired) electrons. The van der Waals surface area contributed by atoms with Crippen molar-refractivity contribution in [2.45, 2.75) is 32.3 Å². The summed E-state index contributed by atoms with van der Waals surface area (Å²) in [4.78, 5) is 24.2. The first-order valence-corrected chi connectivity index (χ1v) is 8.32. The van der Waals surface area contributed by atoms with Gasteiger partial charge in [-0.25, -0.2) is 0 Å². The minimum absolute atomic E-state index is 0.0424. The van der Waals surface area contributed by atoms with Crippen molar-refractivity contribution in [3.05, 3.63) is 64.7 Å². The van der Waals surface area contributed by atoms with Gasteiger partial charge < -0.3 is 15.7 Å². The SMILES string of the molecule is Cc1cccc(NC(=O)C(=O)NCC2(O)Cc3ccccc3C2)c1C. The molecule has 1 aliphatic carbocycles. The molecular weight excluding hydrogens is 316 g/mol. The van der Waals surface area contributed by atoms with Crippen molar-refractivity contribution in [1.82, 2.24) is 5.32 Å². The molecule has 2 aromatic carbocycles. The first-order valence-electron chi connectivity index (χ1n) is 8.32. The fourth-order valence-corrected chi connectivity index (χ4v) is 3.19. The Morgan fingerprint density at radius 3 is 2.28 bits per heavy atom. The lowest BCUT2D eigenvalue weighted by atomic mass is 10.0. The van der Waals surface area contributed by atoms with Crippen LogP contribution in [0.25, 0.3) is 0 Å². The van der Waals surface area contributed by atoms with Crippen molar-refractivity contribution in [2.24, 2.45) is 0 Å². The van der Waals surface area contributed by atoms with Gasteiger partial charge in [-0.05, 0) is 42.2 Å². The van der Waals surface area contributed by atoms with Crippen LogP contribution in [0.3, 0.4) is 0 Å². The predicted octanol–water partition coefficient (Wildman–Crippen LogP) is 1.89. The number of rotatable bonds is 3. The molecule has 0 aromatic heterocycles. The summed E-state index contributed by atoms with van der Waals surface area (Å²) in [6.45, 7) is 3.88. The van der Waals surface area contributed by atoms with Gasteiger partial charge in [0.2, 0.25) is 0 Å². The van der Waals surface area contributed by atoms with E-state index in [1.54, 1.807) is 6.07 Å². The summed E-state index contributed by atoms with van der Waals surface area (Å²) in [5, 5.41) is 15.8. The minimum Gasteiger partial charge on any atom is -0.387 e. The second-order valence-corrected chi connectivity index (χ2v) is 6.73. The second-order valence-electron chi connectivity index (χ2n) is 6.73. The molecule has 5 heteroatoms. The molecule has 5 nitrogen and oxygen atoms in total. The Bertz CT molecular complexity index is 804. The van der Waals surface area contributed by atoms with Gasteiger partial charge in [0.25, 0.3) is 0 Å². The molecule has 3 N–H and O–H groups in total. The van der Waals surface area contributed by atoms with E-state index in [0.29, 0.717) is 18.5 Å². The number of anilines is 1. The molecule has 0 bridgehead atoms. The van der Waals surface area contributed by atoms with Gasteiger partial charge in [-0.2, -0.15) is 0 Å². The van der Waals surface area contributed by atoms with Gasteiger partial charge in [0, 0.05) is 25.1 Å². The maximum absolute atomic E-state index is 12.1. The third-order valence-electron chi connectivity index (χ3n) is 4.79. The van der Waals surface area contributed by atoms with Gasteiger partial charge >= 0.3 is 11.8 Å². The Morgan fingerprint density at radius 1 is 1.00 bits per heavy atom.